The Hall–Kier alpha value is -1.51. The fourth-order valence-corrected chi connectivity index (χ4v) is 2.05. The summed E-state index contributed by atoms with van der Waals surface area (Å²) in [6.07, 6.45) is 0. The molecule has 0 aromatic heterocycles. The van der Waals surface area contributed by atoms with Crippen molar-refractivity contribution in [2.75, 3.05) is 16.8 Å². The molecule has 0 radical (unpaired) electrons. The van der Waals surface area contributed by atoms with Gasteiger partial charge in [0.1, 0.15) is 0 Å². The summed E-state index contributed by atoms with van der Waals surface area (Å²) in [5.74, 6) is 0.130. The summed E-state index contributed by atoms with van der Waals surface area (Å²) in [6, 6.07) is 8.38. The molecule has 2 rings (SSSR count). The lowest BCUT2D eigenvalue weighted by Gasteiger charge is -2.29. The van der Waals surface area contributed by atoms with Gasteiger partial charge in [0.15, 0.2) is 0 Å². The Kier molecular flexibility index (Phi) is 2.86. The van der Waals surface area contributed by atoms with Gasteiger partial charge in [0.05, 0.1) is 17.3 Å². The van der Waals surface area contributed by atoms with E-state index in [1.54, 1.807) is 0 Å². The van der Waals surface area contributed by atoms with Gasteiger partial charge < -0.3 is 10.2 Å². The number of rotatable bonds is 1. The molecule has 0 saturated carbocycles. The molecule has 0 saturated heterocycles. The standard InChI is InChI=1S/C13H18N2O/c1-9(2)15-8-10(3)13(16)14-11-6-4-5-7-12(11)15/h4-7,9-10H,8H2,1-3H3,(H,14,16). The van der Waals surface area contributed by atoms with Crippen LogP contribution in [-0.2, 0) is 4.79 Å². The van der Waals surface area contributed by atoms with E-state index >= 15 is 0 Å². The van der Waals surface area contributed by atoms with Crippen molar-refractivity contribution in [3.8, 4) is 0 Å². The van der Waals surface area contributed by atoms with Crippen molar-refractivity contribution in [2.45, 2.75) is 26.8 Å². The molecule has 1 aliphatic heterocycles. The third-order valence-electron chi connectivity index (χ3n) is 3.01. The van der Waals surface area contributed by atoms with Crippen molar-refractivity contribution >= 4 is 17.3 Å². The van der Waals surface area contributed by atoms with Crippen LogP contribution in [0.1, 0.15) is 20.8 Å². The van der Waals surface area contributed by atoms with Gasteiger partial charge in [0.2, 0.25) is 5.91 Å². The van der Waals surface area contributed by atoms with Gasteiger partial charge in [0, 0.05) is 12.6 Å². The summed E-state index contributed by atoms with van der Waals surface area (Å²) >= 11 is 0. The summed E-state index contributed by atoms with van der Waals surface area (Å²) in [5.41, 5.74) is 2.04. The molecule has 1 amide bonds. The van der Waals surface area contributed by atoms with Gasteiger partial charge in [-0.2, -0.15) is 0 Å². The molecule has 86 valence electrons. The second kappa shape index (κ2) is 4.16. The molecule has 1 aromatic rings. The molecular weight excluding hydrogens is 200 g/mol. The van der Waals surface area contributed by atoms with Crippen molar-refractivity contribution in [3.05, 3.63) is 24.3 Å². The van der Waals surface area contributed by atoms with Crippen LogP contribution in [0.5, 0.6) is 0 Å². The van der Waals surface area contributed by atoms with Crippen molar-refractivity contribution in [1.82, 2.24) is 0 Å². The molecule has 16 heavy (non-hydrogen) atoms. The van der Waals surface area contributed by atoms with Crippen molar-refractivity contribution < 1.29 is 4.79 Å². The van der Waals surface area contributed by atoms with Gasteiger partial charge in [-0.1, -0.05) is 19.1 Å². The zero-order valence-corrected chi connectivity index (χ0v) is 10.0. The van der Waals surface area contributed by atoms with E-state index in [4.69, 9.17) is 0 Å². The molecule has 1 aliphatic rings. The number of nitrogens with zero attached hydrogens (tertiary/aromatic N) is 1. The highest BCUT2D eigenvalue weighted by Crippen LogP contribution is 2.30. The quantitative estimate of drug-likeness (QED) is 0.785. The minimum absolute atomic E-state index is 0.0230. The number of carbonyl (C=O) groups excluding carboxylic acids is 1. The molecular formula is C13H18N2O. The lowest BCUT2D eigenvalue weighted by Crippen LogP contribution is -2.35. The molecule has 0 fully saturated rings. The number of nitrogens with one attached hydrogen (secondary N) is 1. The van der Waals surface area contributed by atoms with E-state index in [9.17, 15) is 4.79 Å². The second-order valence-corrected chi connectivity index (χ2v) is 4.65. The third-order valence-corrected chi connectivity index (χ3v) is 3.01. The average molecular weight is 218 g/mol. The average Bonchev–Trinajstić information content (AvgIpc) is 2.37. The minimum Gasteiger partial charge on any atom is -0.367 e. The summed E-state index contributed by atoms with van der Waals surface area (Å²) in [4.78, 5) is 14.1. The van der Waals surface area contributed by atoms with Gasteiger partial charge in [-0.3, -0.25) is 4.79 Å². The number of carbonyl (C=O) groups is 1. The Balaban J connectivity index is 2.45. The van der Waals surface area contributed by atoms with Gasteiger partial charge in [0.25, 0.3) is 0 Å². The molecule has 3 heteroatoms. The molecule has 3 nitrogen and oxygen atoms in total. The maximum Gasteiger partial charge on any atom is 0.229 e. The van der Waals surface area contributed by atoms with E-state index in [0.717, 1.165) is 17.9 Å². The first-order chi connectivity index (χ1) is 7.59. The summed E-state index contributed by atoms with van der Waals surface area (Å²) in [5, 5.41) is 2.98. The predicted molar refractivity (Wildman–Crippen MR) is 66.7 cm³/mol. The second-order valence-electron chi connectivity index (χ2n) is 4.65. The summed E-state index contributed by atoms with van der Waals surface area (Å²) in [7, 11) is 0. The van der Waals surface area contributed by atoms with Crippen LogP contribution in [0.4, 0.5) is 11.4 Å². The zero-order chi connectivity index (χ0) is 11.7. The summed E-state index contributed by atoms with van der Waals surface area (Å²) in [6.45, 7) is 7.05. The fourth-order valence-electron chi connectivity index (χ4n) is 2.05. The van der Waals surface area contributed by atoms with Gasteiger partial charge in [-0.15, -0.1) is 0 Å². The number of hydrogen-bond donors (Lipinski definition) is 1. The van der Waals surface area contributed by atoms with Crippen LogP contribution < -0.4 is 10.2 Å². The first kappa shape index (κ1) is 11.0. The number of fused-ring (bicyclic) bond motifs is 1. The minimum atomic E-state index is 0.0230. The molecule has 0 bridgehead atoms. The Morgan fingerprint density at radius 3 is 2.75 bits per heavy atom. The van der Waals surface area contributed by atoms with Crippen LogP contribution in [0.2, 0.25) is 0 Å². The number of anilines is 2. The Labute approximate surface area is 96.5 Å². The number of benzene rings is 1. The zero-order valence-electron chi connectivity index (χ0n) is 10.0. The predicted octanol–water partition coefficient (Wildman–Crippen LogP) is 2.49. The molecule has 0 spiro atoms. The van der Waals surface area contributed by atoms with E-state index in [1.807, 2.05) is 25.1 Å². The topological polar surface area (TPSA) is 32.3 Å². The van der Waals surface area contributed by atoms with Gasteiger partial charge in [-0.05, 0) is 26.0 Å². The number of amides is 1. The van der Waals surface area contributed by atoms with Crippen LogP contribution in [0.15, 0.2) is 24.3 Å². The lowest BCUT2D eigenvalue weighted by molar-refractivity contribution is -0.119. The van der Waals surface area contributed by atoms with E-state index in [0.29, 0.717) is 6.04 Å². The van der Waals surface area contributed by atoms with Crippen molar-refractivity contribution in [1.29, 1.82) is 0 Å². The lowest BCUT2D eigenvalue weighted by atomic mass is 10.1. The molecule has 0 aliphatic carbocycles. The maximum atomic E-state index is 11.8. The first-order valence-electron chi connectivity index (χ1n) is 5.76. The highest BCUT2D eigenvalue weighted by molar-refractivity contribution is 5.97. The normalized spacial score (nSPS) is 20.4. The van der Waals surface area contributed by atoms with E-state index in [1.165, 1.54) is 0 Å². The summed E-state index contributed by atoms with van der Waals surface area (Å²) < 4.78 is 0. The van der Waals surface area contributed by atoms with Crippen molar-refractivity contribution in [3.63, 3.8) is 0 Å². The maximum absolute atomic E-state index is 11.8. The molecule has 1 heterocycles. The van der Waals surface area contributed by atoms with Crippen LogP contribution in [-0.4, -0.2) is 18.5 Å². The SMILES string of the molecule is CC1CN(C(C)C)c2ccccc2NC1=O. The van der Waals surface area contributed by atoms with E-state index in [2.05, 4.69) is 30.1 Å². The molecule has 1 unspecified atom stereocenters. The Morgan fingerprint density at radius 1 is 1.38 bits per heavy atom. The smallest absolute Gasteiger partial charge is 0.229 e. The highest BCUT2D eigenvalue weighted by Gasteiger charge is 2.25. The monoisotopic (exact) mass is 218 g/mol. The van der Waals surface area contributed by atoms with Crippen LogP contribution in [0, 0.1) is 5.92 Å². The Bertz CT molecular complexity index is 401. The molecule has 1 atom stereocenters. The fraction of sp³-hybridized carbons (Fsp3) is 0.462. The number of hydrogen-bond acceptors (Lipinski definition) is 2. The van der Waals surface area contributed by atoms with E-state index in [-0.39, 0.29) is 11.8 Å². The largest absolute Gasteiger partial charge is 0.367 e. The van der Waals surface area contributed by atoms with Crippen LogP contribution in [0.3, 0.4) is 0 Å². The van der Waals surface area contributed by atoms with Gasteiger partial charge in [-0.25, -0.2) is 0 Å². The van der Waals surface area contributed by atoms with E-state index < -0.39 is 0 Å². The molecule has 1 aromatic carbocycles. The Morgan fingerprint density at radius 2 is 2.06 bits per heavy atom. The van der Waals surface area contributed by atoms with Crippen molar-refractivity contribution in [2.24, 2.45) is 5.92 Å². The number of para-hydroxylation sites is 2. The van der Waals surface area contributed by atoms with Crippen LogP contribution >= 0.6 is 0 Å². The third kappa shape index (κ3) is 1.90. The van der Waals surface area contributed by atoms with Crippen LogP contribution in [0.25, 0.3) is 0 Å². The highest BCUT2D eigenvalue weighted by atomic mass is 16.1. The molecule has 1 N–H and O–H groups in total. The van der Waals surface area contributed by atoms with Gasteiger partial charge >= 0.3 is 0 Å². The first-order valence-corrected chi connectivity index (χ1v) is 5.76.